The van der Waals surface area contributed by atoms with Crippen molar-refractivity contribution in [1.82, 2.24) is 10.3 Å². The highest BCUT2D eigenvalue weighted by Gasteiger charge is 2.16. The molecule has 16 heavy (non-hydrogen) atoms. The summed E-state index contributed by atoms with van der Waals surface area (Å²) >= 11 is 6.11. The van der Waals surface area contributed by atoms with Crippen LogP contribution in [0.1, 0.15) is 18.4 Å². The Bertz CT molecular complexity index is 498. The van der Waals surface area contributed by atoms with Crippen LogP contribution in [0.2, 0.25) is 5.02 Å². The van der Waals surface area contributed by atoms with Crippen LogP contribution < -0.4 is 5.32 Å². The van der Waals surface area contributed by atoms with Crippen molar-refractivity contribution in [3.8, 4) is 0 Å². The maximum Gasteiger partial charge on any atom is 0.0659 e. The molecule has 1 aromatic carbocycles. The van der Waals surface area contributed by atoms with Gasteiger partial charge in [0.05, 0.1) is 10.5 Å². The van der Waals surface area contributed by atoms with E-state index in [1.165, 1.54) is 23.9 Å². The number of aromatic amines is 1. The van der Waals surface area contributed by atoms with E-state index in [1.54, 1.807) is 0 Å². The molecule has 1 aliphatic heterocycles. The maximum absolute atomic E-state index is 6.11. The fourth-order valence-electron chi connectivity index (χ4n) is 2.55. The molecular formula is C13H15ClN2. The molecule has 1 fully saturated rings. The fraction of sp³-hybridized carbons (Fsp3) is 0.385. The van der Waals surface area contributed by atoms with Crippen molar-refractivity contribution in [3.63, 3.8) is 0 Å². The second-order valence-electron chi connectivity index (χ2n) is 4.47. The summed E-state index contributed by atoms with van der Waals surface area (Å²) in [6, 6.07) is 6.98. The standard InChI is InChI=1S/C13H15ClN2/c14-12-8-16-13-9(3-1-5-11(12)13)7-10-4-2-6-15-10/h1,3,5,8,10,15-16H,2,4,6-7H2. The Morgan fingerprint density at radius 1 is 1.38 bits per heavy atom. The lowest BCUT2D eigenvalue weighted by Crippen LogP contribution is -2.23. The molecule has 1 unspecified atom stereocenters. The summed E-state index contributed by atoms with van der Waals surface area (Å²) in [5.74, 6) is 0. The lowest BCUT2D eigenvalue weighted by molar-refractivity contribution is 0.604. The number of hydrogen-bond acceptors (Lipinski definition) is 1. The molecule has 1 aliphatic rings. The zero-order valence-corrected chi connectivity index (χ0v) is 9.85. The van der Waals surface area contributed by atoms with Crippen LogP contribution in [0.3, 0.4) is 0 Å². The van der Waals surface area contributed by atoms with E-state index in [9.17, 15) is 0 Å². The average molecular weight is 235 g/mol. The molecule has 1 saturated heterocycles. The summed E-state index contributed by atoms with van der Waals surface area (Å²) in [7, 11) is 0. The van der Waals surface area contributed by atoms with Crippen LogP contribution in [-0.2, 0) is 6.42 Å². The highest BCUT2D eigenvalue weighted by molar-refractivity contribution is 6.35. The zero-order chi connectivity index (χ0) is 11.0. The van der Waals surface area contributed by atoms with Crippen LogP contribution in [0.25, 0.3) is 10.9 Å². The minimum atomic E-state index is 0.632. The quantitative estimate of drug-likeness (QED) is 0.821. The first-order valence-corrected chi connectivity index (χ1v) is 6.20. The van der Waals surface area contributed by atoms with E-state index >= 15 is 0 Å². The smallest absolute Gasteiger partial charge is 0.0659 e. The Morgan fingerprint density at radius 2 is 2.31 bits per heavy atom. The number of nitrogens with one attached hydrogen (secondary N) is 2. The first kappa shape index (κ1) is 10.2. The van der Waals surface area contributed by atoms with E-state index in [0.717, 1.165) is 23.4 Å². The number of H-pyrrole nitrogens is 1. The highest BCUT2D eigenvalue weighted by Crippen LogP contribution is 2.26. The van der Waals surface area contributed by atoms with Crippen molar-refractivity contribution in [1.29, 1.82) is 0 Å². The predicted octanol–water partition coefficient (Wildman–Crippen LogP) is 3.12. The van der Waals surface area contributed by atoms with Gasteiger partial charge in [-0.15, -0.1) is 0 Å². The van der Waals surface area contributed by atoms with Crippen molar-refractivity contribution >= 4 is 22.5 Å². The van der Waals surface area contributed by atoms with Gasteiger partial charge in [0.1, 0.15) is 0 Å². The third-order valence-electron chi connectivity index (χ3n) is 3.38. The van der Waals surface area contributed by atoms with E-state index in [0.29, 0.717) is 6.04 Å². The molecule has 1 atom stereocenters. The third kappa shape index (κ3) is 1.72. The first-order valence-electron chi connectivity index (χ1n) is 5.82. The second-order valence-corrected chi connectivity index (χ2v) is 4.88. The van der Waals surface area contributed by atoms with Crippen molar-refractivity contribution in [2.75, 3.05) is 6.54 Å². The average Bonchev–Trinajstić information content (AvgIpc) is 2.90. The van der Waals surface area contributed by atoms with Crippen LogP contribution in [-0.4, -0.2) is 17.6 Å². The van der Waals surface area contributed by atoms with Gasteiger partial charge < -0.3 is 10.3 Å². The van der Waals surface area contributed by atoms with Crippen molar-refractivity contribution in [3.05, 3.63) is 35.0 Å². The first-order chi connectivity index (χ1) is 7.84. The van der Waals surface area contributed by atoms with Gasteiger partial charge in [0.25, 0.3) is 0 Å². The van der Waals surface area contributed by atoms with Crippen LogP contribution in [0.5, 0.6) is 0 Å². The largest absolute Gasteiger partial charge is 0.360 e. The van der Waals surface area contributed by atoms with Gasteiger partial charge in [-0.05, 0) is 31.4 Å². The van der Waals surface area contributed by atoms with E-state index in [4.69, 9.17) is 11.6 Å². The van der Waals surface area contributed by atoms with Crippen LogP contribution in [0.15, 0.2) is 24.4 Å². The Hall–Kier alpha value is -0.990. The highest BCUT2D eigenvalue weighted by atomic mass is 35.5. The molecule has 0 saturated carbocycles. The number of rotatable bonds is 2. The van der Waals surface area contributed by atoms with Gasteiger partial charge in [-0.2, -0.15) is 0 Å². The minimum Gasteiger partial charge on any atom is -0.360 e. The SMILES string of the molecule is Clc1c[nH]c2c(CC3CCCN3)cccc12. The zero-order valence-electron chi connectivity index (χ0n) is 9.09. The summed E-state index contributed by atoms with van der Waals surface area (Å²) in [6.07, 6.45) is 5.54. The van der Waals surface area contributed by atoms with E-state index in [-0.39, 0.29) is 0 Å². The van der Waals surface area contributed by atoms with E-state index in [1.807, 2.05) is 6.20 Å². The number of benzene rings is 1. The van der Waals surface area contributed by atoms with E-state index < -0.39 is 0 Å². The topological polar surface area (TPSA) is 27.8 Å². The molecule has 1 aromatic heterocycles. The molecule has 0 bridgehead atoms. The Balaban J connectivity index is 1.96. The Labute approximate surface area is 100.0 Å². The second kappa shape index (κ2) is 4.11. The molecule has 0 amide bonds. The molecular weight excluding hydrogens is 220 g/mol. The number of fused-ring (bicyclic) bond motifs is 1. The van der Waals surface area contributed by atoms with E-state index in [2.05, 4.69) is 28.5 Å². The summed E-state index contributed by atoms with van der Waals surface area (Å²) in [4.78, 5) is 3.27. The normalized spacial score (nSPS) is 20.7. The molecule has 2 nitrogen and oxygen atoms in total. The summed E-state index contributed by atoms with van der Waals surface area (Å²) in [6.45, 7) is 1.16. The maximum atomic E-state index is 6.11. The predicted molar refractivity (Wildman–Crippen MR) is 68.0 cm³/mol. The Morgan fingerprint density at radius 3 is 3.12 bits per heavy atom. The monoisotopic (exact) mass is 234 g/mol. The summed E-state index contributed by atoms with van der Waals surface area (Å²) in [5.41, 5.74) is 2.56. The third-order valence-corrected chi connectivity index (χ3v) is 3.69. The molecule has 3 rings (SSSR count). The lowest BCUT2D eigenvalue weighted by Gasteiger charge is -2.10. The van der Waals surface area contributed by atoms with Crippen LogP contribution in [0.4, 0.5) is 0 Å². The van der Waals surface area contributed by atoms with Crippen molar-refractivity contribution in [2.45, 2.75) is 25.3 Å². The summed E-state index contributed by atoms with van der Waals surface area (Å²) in [5, 5.41) is 5.48. The van der Waals surface area contributed by atoms with Crippen molar-refractivity contribution < 1.29 is 0 Å². The van der Waals surface area contributed by atoms with Gasteiger partial charge in [0, 0.05) is 17.6 Å². The molecule has 0 spiro atoms. The molecule has 2 N–H and O–H groups in total. The van der Waals surface area contributed by atoms with Gasteiger partial charge >= 0.3 is 0 Å². The molecule has 84 valence electrons. The molecule has 0 radical (unpaired) electrons. The number of halogens is 1. The lowest BCUT2D eigenvalue weighted by atomic mass is 10.0. The van der Waals surface area contributed by atoms with Gasteiger partial charge in [-0.3, -0.25) is 0 Å². The van der Waals surface area contributed by atoms with Crippen molar-refractivity contribution in [2.24, 2.45) is 0 Å². The van der Waals surface area contributed by atoms with Gasteiger partial charge in [-0.1, -0.05) is 29.8 Å². The summed E-state index contributed by atoms with van der Waals surface area (Å²) < 4.78 is 0. The van der Waals surface area contributed by atoms with Gasteiger partial charge in [-0.25, -0.2) is 0 Å². The van der Waals surface area contributed by atoms with Crippen LogP contribution in [0, 0.1) is 0 Å². The van der Waals surface area contributed by atoms with Crippen LogP contribution >= 0.6 is 11.6 Å². The minimum absolute atomic E-state index is 0.632. The molecule has 3 heteroatoms. The number of para-hydroxylation sites is 1. The molecule has 0 aliphatic carbocycles. The Kier molecular flexibility index (Phi) is 2.62. The molecule has 2 heterocycles. The fourth-order valence-corrected chi connectivity index (χ4v) is 2.76. The molecule has 2 aromatic rings. The van der Waals surface area contributed by atoms with Gasteiger partial charge in [0.2, 0.25) is 0 Å². The number of aromatic nitrogens is 1. The number of hydrogen-bond donors (Lipinski definition) is 2. The van der Waals surface area contributed by atoms with Gasteiger partial charge in [0.15, 0.2) is 0 Å².